The van der Waals surface area contributed by atoms with Gasteiger partial charge in [-0.1, -0.05) is 36.3 Å². The largest absolute Gasteiger partial charge is 0.414 e. The summed E-state index contributed by atoms with van der Waals surface area (Å²) < 4.78 is 8.91. The van der Waals surface area contributed by atoms with Crippen molar-refractivity contribution in [2.45, 2.75) is 0 Å². The van der Waals surface area contributed by atoms with E-state index < -0.39 is 10.8 Å². The number of para-hydroxylation sites is 1. The van der Waals surface area contributed by atoms with Gasteiger partial charge in [0, 0.05) is 11.5 Å². The molecule has 0 bridgehead atoms. The second-order valence-corrected chi connectivity index (χ2v) is 5.15. The average Bonchev–Trinajstić information content (AvgIpc) is 3.01. The highest BCUT2D eigenvalue weighted by Crippen LogP contribution is 2.25. The smallest absolute Gasteiger partial charge is 0.394 e. The predicted octanol–water partition coefficient (Wildman–Crippen LogP) is 2.75. The molecule has 0 atom stereocenters. The minimum absolute atomic E-state index is 0.173. The highest BCUT2D eigenvalue weighted by Gasteiger charge is 2.12. The molecule has 0 saturated carbocycles. The fourth-order valence-corrected chi connectivity index (χ4v) is 2.29. The molecule has 6 heteroatoms. The summed E-state index contributed by atoms with van der Waals surface area (Å²) in [5.74, 6) is 5.01. The lowest BCUT2D eigenvalue weighted by atomic mass is 10.1. The molecule has 2 aromatic carbocycles. The first-order valence-electron chi connectivity index (χ1n) is 6.66. The van der Waals surface area contributed by atoms with Gasteiger partial charge in [0.2, 0.25) is 5.89 Å². The van der Waals surface area contributed by atoms with Crippen LogP contribution in [0.15, 0.2) is 63.8 Å². The normalized spacial score (nSPS) is 9.74. The predicted molar refractivity (Wildman–Crippen MR) is 88.0 cm³/mol. The molecule has 0 radical (unpaired) electrons. The minimum Gasteiger partial charge on any atom is -0.394 e. The van der Waals surface area contributed by atoms with Crippen LogP contribution in [0.4, 0.5) is 5.69 Å². The Balaban J connectivity index is 1.82. The van der Waals surface area contributed by atoms with Crippen LogP contribution in [0.5, 0.6) is 0 Å². The molecule has 112 valence electrons. The van der Waals surface area contributed by atoms with Crippen molar-refractivity contribution in [2.75, 3.05) is 5.32 Å². The van der Waals surface area contributed by atoms with Gasteiger partial charge in [0.05, 0.1) is 22.8 Å². The summed E-state index contributed by atoms with van der Waals surface area (Å²) in [4.78, 5) is 22.6. The molecule has 0 fully saturated rings. The van der Waals surface area contributed by atoms with E-state index in [1.54, 1.807) is 24.3 Å². The molecule has 1 aromatic heterocycles. The van der Waals surface area contributed by atoms with Gasteiger partial charge < -0.3 is 9.73 Å². The summed E-state index contributed by atoms with van der Waals surface area (Å²) in [7, 11) is 0. The van der Waals surface area contributed by atoms with Gasteiger partial charge >= 0.3 is 10.8 Å². The minimum atomic E-state index is -0.495. The Hall–Kier alpha value is -3.17. The number of rotatable bonds is 2. The number of anilines is 1. The lowest BCUT2D eigenvalue weighted by Gasteiger charge is -2.05. The van der Waals surface area contributed by atoms with Crippen LogP contribution in [-0.2, 0) is 4.79 Å². The van der Waals surface area contributed by atoms with E-state index in [0.717, 1.165) is 17.1 Å². The Morgan fingerprint density at radius 3 is 2.57 bits per heavy atom. The molecule has 3 aromatic rings. The zero-order chi connectivity index (χ0) is 16.1. The number of hydrogen-bond acceptors (Lipinski definition) is 5. The molecule has 0 spiro atoms. The van der Waals surface area contributed by atoms with Crippen LogP contribution in [0.3, 0.4) is 0 Å². The number of carbonyl (C=O) groups is 1. The molecule has 23 heavy (non-hydrogen) atoms. The monoisotopic (exact) mass is 322 g/mol. The van der Waals surface area contributed by atoms with Gasteiger partial charge in [0.1, 0.15) is 0 Å². The lowest BCUT2D eigenvalue weighted by molar-refractivity contribution is -0.111. The quantitative estimate of drug-likeness (QED) is 0.736. The number of benzene rings is 2. The SMILES string of the molecule is O=C(C#Cc1ccccc1)Nc1ccccc1-c1nsc(=O)o1. The van der Waals surface area contributed by atoms with Crippen molar-refractivity contribution in [1.29, 1.82) is 0 Å². The van der Waals surface area contributed by atoms with Crippen molar-refractivity contribution < 1.29 is 9.21 Å². The molecule has 1 N–H and O–H groups in total. The van der Waals surface area contributed by atoms with Crippen molar-refractivity contribution in [1.82, 2.24) is 4.37 Å². The second-order valence-electron chi connectivity index (χ2n) is 4.46. The van der Waals surface area contributed by atoms with Gasteiger partial charge in [-0.05, 0) is 24.3 Å². The van der Waals surface area contributed by atoms with Gasteiger partial charge in [-0.2, -0.15) is 0 Å². The summed E-state index contributed by atoms with van der Waals surface area (Å²) in [6.07, 6.45) is 0. The number of nitrogens with one attached hydrogen (secondary N) is 1. The van der Waals surface area contributed by atoms with Crippen LogP contribution >= 0.6 is 11.5 Å². The Kier molecular flexibility index (Phi) is 4.32. The third-order valence-electron chi connectivity index (χ3n) is 2.88. The number of aromatic nitrogens is 1. The third kappa shape index (κ3) is 3.73. The molecule has 0 aliphatic rings. The molecule has 0 saturated heterocycles. The first-order valence-corrected chi connectivity index (χ1v) is 7.44. The van der Waals surface area contributed by atoms with Crippen LogP contribution < -0.4 is 10.3 Å². The fourth-order valence-electron chi connectivity index (χ4n) is 1.88. The Morgan fingerprint density at radius 2 is 1.83 bits per heavy atom. The molecule has 1 heterocycles. The van der Waals surface area contributed by atoms with Crippen LogP contribution in [-0.4, -0.2) is 10.3 Å². The Bertz CT molecular complexity index is 949. The van der Waals surface area contributed by atoms with Gasteiger partial charge in [0.15, 0.2) is 0 Å². The molecule has 5 nitrogen and oxygen atoms in total. The number of nitrogens with zero attached hydrogens (tertiary/aromatic N) is 1. The number of carbonyl (C=O) groups excluding carboxylic acids is 1. The first-order chi connectivity index (χ1) is 11.2. The van der Waals surface area contributed by atoms with Gasteiger partial charge in [-0.25, -0.2) is 4.79 Å². The summed E-state index contributed by atoms with van der Waals surface area (Å²) >= 11 is 0.721. The fraction of sp³-hybridized carbons (Fsp3) is 0. The summed E-state index contributed by atoms with van der Waals surface area (Å²) in [5.41, 5.74) is 1.76. The van der Waals surface area contributed by atoms with E-state index in [2.05, 4.69) is 21.5 Å². The zero-order valence-electron chi connectivity index (χ0n) is 11.8. The lowest BCUT2D eigenvalue weighted by Crippen LogP contribution is -2.09. The molecule has 3 rings (SSSR count). The van der Waals surface area contributed by atoms with E-state index >= 15 is 0 Å². The van der Waals surface area contributed by atoms with Crippen LogP contribution in [0, 0.1) is 11.8 Å². The summed E-state index contributed by atoms with van der Waals surface area (Å²) in [5, 5.41) is 2.68. The van der Waals surface area contributed by atoms with Crippen molar-refractivity contribution >= 4 is 23.1 Å². The zero-order valence-corrected chi connectivity index (χ0v) is 12.6. The molecular weight excluding hydrogens is 312 g/mol. The van der Waals surface area contributed by atoms with Crippen molar-refractivity contribution in [3.05, 3.63) is 69.9 Å². The number of hydrogen-bond donors (Lipinski definition) is 1. The Morgan fingerprint density at radius 1 is 1.09 bits per heavy atom. The third-order valence-corrected chi connectivity index (χ3v) is 3.37. The molecule has 0 aliphatic heterocycles. The topological polar surface area (TPSA) is 72.2 Å². The standard InChI is InChI=1S/C17H10N2O3S/c20-15(11-10-12-6-2-1-3-7-12)18-14-9-5-4-8-13(14)16-19-23-17(21)22-16/h1-9H,(H,18,20). The van der Waals surface area contributed by atoms with Crippen molar-refractivity contribution in [3.8, 4) is 23.3 Å². The highest BCUT2D eigenvalue weighted by atomic mass is 32.1. The van der Waals surface area contributed by atoms with E-state index in [-0.39, 0.29) is 5.89 Å². The maximum Gasteiger partial charge on any atom is 0.414 e. The first kappa shape index (κ1) is 14.8. The van der Waals surface area contributed by atoms with Crippen molar-refractivity contribution in [2.24, 2.45) is 0 Å². The maximum absolute atomic E-state index is 12.0. The molecule has 0 aliphatic carbocycles. The average molecular weight is 322 g/mol. The van der Waals surface area contributed by atoms with Gasteiger partial charge in [0.25, 0.3) is 0 Å². The van der Waals surface area contributed by atoms with E-state index in [0.29, 0.717) is 11.3 Å². The van der Waals surface area contributed by atoms with Crippen molar-refractivity contribution in [3.63, 3.8) is 0 Å². The second kappa shape index (κ2) is 6.73. The van der Waals surface area contributed by atoms with Crippen LogP contribution in [0.2, 0.25) is 0 Å². The van der Waals surface area contributed by atoms with E-state index in [1.165, 1.54) is 0 Å². The molecular formula is C17H10N2O3S. The van der Waals surface area contributed by atoms with E-state index in [9.17, 15) is 9.59 Å². The van der Waals surface area contributed by atoms with Gasteiger partial charge in [-0.3, -0.25) is 4.79 Å². The maximum atomic E-state index is 12.0. The van der Waals surface area contributed by atoms with Gasteiger partial charge in [-0.15, -0.1) is 4.37 Å². The van der Waals surface area contributed by atoms with Crippen LogP contribution in [0.25, 0.3) is 11.5 Å². The molecule has 1 amide bonds. The van der Waals surface area contributed by atoms with E-state index in [4.69, 9.17) is 4.42 Å². The number of amides is 1. The summed E-state index contributed by atoms with van der Waals surface area (Å²) in [6.45, 7) is 0. The van der Waals surface area contributed by atoms with E-state index in [1.807, 2.05) is 30.3 Å². The van der Waals surface area contributed by atoms with Crippen LogP contribution in [0.1, 0.15) is 5.56 Å². The molecule has 0 unspecified atom stereocenters. The Labute approximate surface area is 135 Å². The highest BCUT2D eigenvalue weighted by molar-refractivity contribution is 7.02. The summed E-state index contributed by atoms with van der Waals surface area (Å²) in [6, 6.07) is 16.1.